The highest BCUT2D eigenvalue weighted by Gasteiger charge is 1.70. The van der Waals surface area contributed by atoms with Crippen LogP contribution in [-0.2, 0) is 7.05 Å². The fourth-order valence-electron chi connectivity index (χ4n) is 0.588. The van der Waals surface area contributed by atoms with E-state index in [1.165, 1.54) is 0 Å². The molecule has 0 aromatic carbocycles. The van der Waals surface area contributed by atoms with Crippen molar-refractivity contribution in [3.63, 3.8) is 0 Å². The van der Waals surface area contributed by atoms with Crippen LogP contribution in [0.15, 0.2) is 40.0 Å². The minimum Gasteiger partial charge on any atom is -0.357 e. The highest BCUT2D eigenvalue weighted by atomic mass is 15.6. The lowest BCUT2D eigenvalue weighted by molar-refractivity contribution is 0.737. The molecule has 0 aliphatic rings. The highest BCUT2D eigenvalue weighted by Crippen LogP contribution is 1.80. The minimum atomic E-state index is 0.928. The summed E-state index contributed by atoms with van der Waals surface area (Å²) in [5, 5.41) is 10.5. The lowest BCUT2D eigenvalue weighted by Crippen LogP contribution is -1.95. The first kappa shape index (κ1) is 12.3. The Morgan fingerprint density at radius 2 is 1.79 bits per heavy atom. The van der Waals surface area contributed by atoms with Gasteiger partial charge in [-0.15, -0.1) is 0 Å². The van der Waals surface area contributed by atoms with E-state index in [1.807, 2.05) is 50.0 Å². The SMILES string of the molecule is CN=NNN=C(C)C.Cn1cccc1. The molecule has 1 heterocycles. The number of rotatable bonds is 2. The van der Waals surface area contributed by atoms with Crippen molar-refractivity contribution in [2.24, 2.45) is 22.5 Å². The number of aromatic nitrogens is 1. The van der Waals surface area contributed by atoms with Crippen LogP contribution in [0.1, 0.15) is 13.8 Å². The number of hydrogen-bond acceptors (Lipinski definition) is 3. The summed E-state index contributed by atoms with van der Waals surface area (Å²) in [4.78, 5) is 0. The van der Waals surface area contributed by atoms with Crippen LogP contribution in [0.25, 0.3) is 0 Å². The van der Waals surface area contributed by atoms with Gasteiger partial charge in [-0.1, -0.05) is 5.22 Å². The van der Waals surface area contributed by atoms with E-state index in [-0.39, 0.29) is 0 Å². The second-order valence-corrected chi connectivity index (χ2v) is 2.81. The van der Waals surface area contributed by atoms with Crippen LogP contribution in [0.5, 0.6) is 0 Å². The van der Waals surface area contributed by atoms with Crippen molar-refractivity contribution >= 4 is 5.71 Å². The molecule has 1 aromatic rings. The molecular formula is C9H17N5. The second kappa shape index (κ2) is 7.97. The van der Waals surface area contributed by atoms with E-state index in [2.05, 4.69) is 21.0 Å². The molecule has 0 radical (unpaired) electrons. The second-order valence-electron chi connectivity index (χ2n) is 2.81. The van der Waals surface area contributed by atoms with Gasteiger partial charge < -0.3 is 4.57 Å². The lowest BCUT2D eigenvalue weighted by atomic mass is 10.5. The molecular weight excluding hydrogens is 178 g/mol. The van der Waals surface area contributed by atoms with Gasteiger partial charge in [-0.2, -0.15) is 15.8 Å². The van der Waals surface area contributed by atoms with Crippen molar-refractivity contribution in [3.8, 4) is 0 Å². The first-order chi connectivity index (χ1) is 6.66. The predicted molar refractivity (Wildman–Crippen MR) is 58.1 cm³/mol. The molecule has 1 aromatic heterocycles. The van der Waals surface area contributed by atoms with E-state index in [0.717, 1.165) is 5.71 Å². The van der Waals surface area contributed by atoms with Crippen molar-refractivity contribution < 1.29 is 0 Å². The number of aryl methyl sites for hydroxylation is 1. The summed E-state index contributed by atoms with van der Waals surface area (Å²) in [5.74, 6) is 0. The fraction of sp³-hybridized carbons (Fsp3) is 0.444. The van der Waals surface area contributed by atoms with Crippen LogP contribution < -0.4 is 5.53 Å². The summed E-state index contributed by atoms with van der Waals surface area (Å²) in [5.41, 5.74) is 3.31. The van der Waals surface area contributed by atoms with Crippen molar-refractivity contribution in [1.29, 1.82) is 0 Å². The molecule has 0 saturated heterocycles. The molecule has 1 rings (SSSR count). The van der Waals surface area contributed by atoms with Crippen molar-refractivity contribution in [1.82, 2.24) is 10.1 Å². The van der Waals surface area contributed by atoms with Gasteiger partial charge in [0.05, 0.1) is 7.05 Å². The molecule has 5 nitrogen and oxygen atoms in total. The van der Waals surface area contributed by atoms with Gasteiger partial charge in [0, 0.05) is 25.2 Å². The highest BCUT2D eigenvalue weighted by molar-refractivity contribution is 5.78. The topological polar surface area (TPSA) is 54.0 Å². The number of nitrogens with zero attached hydrogens (tertiary/aromatic N) is 4. The zero-order chi connectivity index (χ0) is 10.8. The number of hydrogen-bond donors (Lipinski definition) is 1. The Bertz CT molecular complexity index is 269. The molecule has 0 amide bonds. The maximum absolute atomic E-state index is 3.72. The van der Waals surface area contributed by atoms with Gasteiger partial charge in [0.2, 0.25) is 0 Å². The maximum atomic E-state index is 3.72. The quantitative estimate of drug-likeness (QED) is 0.438. The van der Waals surface area contributed by atoms with Gasteiger partial charge in [-0.05, 0) is 26.0 Å². The van der Waals surface area contributed by atoms with Crippen LogP contribution in [0.2, 0.25) is 0 Å². The molecule has 78 valence electrons. The monoisotopic (exact) mass is 195 g/mol. The Hall–Kier alpha value is -1.65. The molecule has 0 bridgehead atoms. The molecule has 0 fully saturated rings. The van der Waals surface area contributed by atoms with Gasteiger partial charge in [0.15, 0.2) is 0 Å². The van der Waals surface area contributed by atoms with Crippen LogP contribution in [-0.4, -0.2) is 17.3 Å². The van der Waals surface area contributed by atoms with E-state index in [9.17, 15) is 0 Å². The zero-order valence-electron chi connectivity index (χ0n) is 9.10. The van der Waals surface area contributed by atoms with Crippen molar-refractivity contribution in [2.45, 2.75) is 13.8 Å². The summed E-state index contributed by atoms with van der Waals surface area (Å²) >= 11 is 0. The van der Waals surface area contributed by atoms with Crippen LogP contribution in [0.4, 0.5) is 0 Å². The number of hydrazone groups is 1. The molecule has 0 aliphatic carbocycles. The average molecular weight is 195 g/mol. The first-order valence-corrected chi connectivity index (χ1v) is 4.28. The van der Waals surface area contributed by atoms with Crippen molar-refractivity contribution in [2.75, 3.05) is 7.05 Å². The molecule has 1 N–H and O–H groups in total. The first-order valence-electron chi connectivity index (χ1n) is 4.28. The van der Waals surface area contributed by atoms with E-state index in [1.54, 1.807) is 7.05 Å². The molecule has 0 saturated carbocycles. The van der Waals surface area contributed by atoms with Crippen LogP contribution in [0.3, 0.4) is 0 Å². The van der Waals surface area contributed by atoms with Gasteiger partial charge in [-0.3, -0.25) is 0 Å². The molecule has 0 aliphatic heterocycles. The summed E-state index contributed by atoms with van der Waals surface area (Å²) < 4.78 is 2.00. The largest absolute Gasteiger partial charge is 0.357 e. The Labute approximate surface area is 84.5 Å². The van der Waals surface area contributed by atoms with Gasteiger partial charge in [0.1, 0.15) is 0 Å². The molecule has 0 unspecified atom stereocenters. The van der Waals surface area contributed by atoms with E-state index in [4.69, 9.17) is 0 Å². The average Bonchev–Trinajstić information content (AvgIpc) is 2.57. The predicted octanol–water partition coefficient (Wildman–Crippen LogP) is 1.99. The zero-order valence-corrected chi connectivity index (χ0v) is 9.10. The smallest absolute Gasteiger partial charge is 0.0509 e. The van der Waals surface area contributed by atoms with Crippen LogP contribution >= 0.6 is 0 Å². The Balaban J connectivity index is 0.000000249. The van der Waals surface area contributed by atoms with Gasteiger partial charge >= 0.3 is 0 Å². The lowest BCUT2D eigenvalue weighted by Gasteiger charge is -1.85. The molecule has 0 atom stereocenters. The molecule has 14 heavy (non-hydrogen) atoms. The van der Waals surface area contributed by atoms with Gasteiger partial charge in [-0.25, -0.2) is 0 Å². The summed E-state index contributed by atoms with van der Waals surface area (Å²) in [7, 11) is 3.58. The summed E-state index contributed by atoms with van der Waals surface area (Å²) in [6, 6.07) is 4.00. The minimum absolute atomic E-state index is 0.928. The third-order valence-corrected chi connectivity index (χ3v) is 1.17. The Morgan fingerprint density at radius 3 is 2.07 bits per heavy atom. The van der Waals surface area contributed by atoms with Crippen LogP contribution in [0, 0.1) is 0 Å². The molecule has 0 spiro atoms. The standard InChI is InChI=1S/C5H7N.C4H10N4/c1-6-4-2-3-5-6;1-4(2)6-8-7-5-3/h2-5H,1H3;1-3H3,(H,5,8). The molecule has 5 heteroatoms. The van der Waals surface area contributed by atoms with E-state index in [0.29, 0.717) is 0 Å². The number of nitrogens with one attached hydrogen (secondary N) is 1. The Kier molecular flexibility index (Phi) is 7.03. The normalized spacial score (nSPS) is 9.14. The summed E-state index contributed by atoms with van der Waals surface area (Å²) in [6.45, 7) is 3.75. The van der Waals surface area contributed by atoms with E-state index >= 15 is 0 Å². The fourth-order valence-corrected chi connectivity index (χ4v) is 0.588. The summed E-state index contributed by atoms with van der Waals surface area (Å²) in [6.07, 6.45) is 4.00. The third-order valence-electron chi connectivity index (χ3n) is 1.17. The van der Waals surface area contributed by atoms with Gasteiger partial charge in [0.25, 0.3) is 0 Å². The maximum Gasteiger partial charge on any atom is 0.0509 e. The van der Waals surface area contributed by atoms with Crippen molar-refractivity contribution in [3.05, 3.63) is 24.5 Å². The van der Waals surface area contributed by atoms with E-state index < -0.39 is 0 Å². The Morgan fingerprint density at radius 1 is 1.21 bits per heavy atom. The third kappa shape index (κ3) is 8.45.